The van der Waals surface area contributed by atoms with Gasteiger partial charge in [0.1, 0.15) is 0 Å². The lowest BCUT2D eigenvalue weighted by atomic mass is 9.77. The van der Waals surface area contributed by atoms with E-state index in [1.54, 1.807) is 0 Å². The van der Waals surface area contributed by atoms with Crippen LogP contribution in [0.1, 0.15) is 71.1 Å². The maximum Gasteiger partial charge on any atom is 0.431 e. The van der Waals surface area contributed by atoms with Gasteiger partial charge < -0.3 is 9.84 Å². The lowest BCUT2D eigenvalue weighted by Gasteiger charge is -2.32. The van der Waals surface area contributed by atoms with E-state index in [2.05, 4.69) is 6.92 Å². The number of aliphatic hydroxyl groups excluding tert-OH is 1. The minimum atomic E-state index is -6.24. The summed E-state index contributed by atoms with van der Waals surface area (Å²) in [5.74, 6) is -5.83. The van der Waals surface area contributed by atoms with Crippen molar-refractivity contribution in [3.63, 3.8) is 0 Å². The highest BCUT2D eigenvalue weighted by Crippen LogP contribution is 2.41. The summed E-state index contributed by atoms with van der Waals surface area (Å²) in [6, 6.07) is 0. The number of rotatable bonds is 12. The molecule has 11 heteroatoms. The van der Waals surface area contributed by atoms with Crippen LogP contribution in [0.2, 0.25) is 0 Å². The first kappa shape index (κ1) is 26.1. The fourth-order valence-corrected chi connectivity index (χ4v) is 3.98. The number of carbonyl (C=O) groups excluding carboxylic acids is 1. The quantitative estimate of drug-likeness (QED) is 0.200. The number of hydrogen-bond donors (Lipinski definition) is 2. The molecule has 0 aliphatic heterocycles. The van der Waals surface area contributed by atoms with Gasteiger partial charge in [-0.2, -0.15) is 26.0 Å². The maximum absolute atomic E-state index is 13.4. The molecule has 1 aliphatic carbocycles. The first-order valence-electron chi connectivity index (χ1n) is 9.90. The highest BCUT2D eigenvalue weighted by Gasteiger charge is 2.64. The Morgan fingerprint density at radius 3 is 2.34 bits per heavy atom. The van der Waals surface area contributed by atoms with Crippen molar-refractivity contribution in [2.75, 3.05) is 6.61 Å². The Balaban J connectivity index is 2.38. The van der Waals surface area contributed by atoms with Crippen LogP contribution in [0.25, 0.3) is 0 Å². The van der Waals surface area contributed by atoms with Gasteiger partial charge in [0.25, 0.3) is 0 Å². The minimum absolute atomic E-state index is 0.00852. The zero-order valence-electron chi connectivity index (χ0n) is 16.5. The summed E-state index contributed by atoms with van der Waals surface area (Å²) in [6.45, 7) is 1.81. The molecule has 0 heterocycles. The molecule has 2 N–H and O–H groups in total. The zero-order chi connectivity index (χ0) is 22.3. The van der Waals surface area contributed by atoms with Crippen LogP contribution in [-0.2, 0) is 19.6 Å². The molecule has 3 unspecified atom stereocenters. The molecule has 0 spiro atoms. The van der Waals surface area contributed by atoms with Gasteiger partial charge in [-0.25, -0.2) is 0 Å². The summed E-state index contributed by atoms with van der Waals surface area (Å²) in [5.41, 5.74) is 0. The molecule has 6 nitrogen and oxygen atoms in total. The van der Waals surface area contributed by atoms with E-state index in [0.29, 0.717) is 19.3 Å². The average molecular weight is 450 g/mol. The third kappa shape index (κ3) is 7.36. The van der Waals surface area contributed by atoms with Gasteiger partial charge in [-0.05, 0) is 44.4 Å². The molecular formula is C18H30F4O6S. The Bertz CT molecular complexity index is 626. The van der Waals surface area contributed by atoms with Gasteiger partial charge in [-0.15, -0.1) is 0 Å². The van der Waals surface area contributed by atoms with Crippen LogP contribution in [-0.4, -0.2) is 47.9 Å². The van der Waals surface area contributed by atoms with Crippen molar-refractivity contribution >= 4 is 16.1 Å². The number of halogens is 4. The summed E-state index contributed by atoms with van der Waals surface area (Å²) < 4.78 is 87.0. The molecule has 0 amide bonds. The maximum atomic E-state index is 13.4. The molecule has 1 aliphatic rings. The normalized spacial score (nSPS) is 23.8. The Morgan fingerprint density at radius 2 is 1.76 bits per heavy atom. The number of unbranched alkanes of at least 4 members (excludes halogenated alkanes) is 3. The van der Waals surface area contributed by atoms with E-state index in [0.717, 1.165) is 25.7 Å². The molecule has 29 heavy (non-hydrogen) atoms. The summed E-state index contributed by atoms with van der Waals surface area (Å²) in [5, 5.41) is 4.49. The van der Waals surface area contributed by atoms with Crippen molar-refractivity contribution < 1.29 is 45.2 Å². The summed E-state index contributed by atoms with van der Waals surface area (Å²) in [6.07, 6.45) is 2.68. The van der Waals surface area contributed by atoms with Crippen molar-refractivity contribution in [1.82, 2.24) is 0 Å². The molecule has 1 rings (SSSR count). The van der Waals surface area contributed by atoms with Crippen LogP contribution in [0, 0.1) is 11.8 Å². The highest BCUT2D eigenvalue weighted by molar-refractivity contribution is 7.87. The lowest BCUT2D eigenvalue weighted by Crippen LogP contribution is -2.46. The van der Waals surface area contributed by atoms with Crippen LogP contribution in [0.4, 0.5) is 17.6 Å². The van der Waals surface area contributed by atoms with E-state index in [1.165, 1.54) is 0 Å². The average Bonchev–Trinajstić information content (AvgIpc) is 2.61. The van der Waals surface area contributed by atoms with Gasteiger partial charge in [-0.3, -0.25) is 9.35 Å². The summed E-state index contributed by atoms with van der Waals surface area (Å²) in [7, 11) is -6.24. The Hall–Kier alpha value is -0.940. The second-order valence-electron chi connectivity index (χ2n) is 7.65. The fraction of sp³-hybridized carbons (Fsp3) is 0.944. The van der Waals surface area contributed by atoms with Crippen LogP contribution >= 0.6 is 0 Å². The third-order valence-electron chi connectivity index (χ3n) is 5.33. The van der Waals surface area contributed by atoms with Crippen LogP contribution in [0.15, 0.2) is 0 Å². The van der Waals surface area contributed by atoms with Gasteiger partial charge >= 0.3 is 27.3 Å². The van der Waals surface area contributed by atoms with Gasteiger partial charge in [0.15, 0.2) is 0 Å². The second-order valence-corrected chi connectivity index (χ2v) is 9.12. The largest absolute Gasteiger partial charge is 0.465 e. The molecule has 0 saturated heterocycles. The van der Waals surface area contributed by atoms with Crippen LogP contribution < -0.4 is 0 Å². The van der Waals surface area contributed by atoms with E-state index >= 15 is 0 Å². The molecule has 172 valence electrons. The molecule has 0 radical (unpaired) electrons. The predicted octanol–water partition coefficient (Wildman–Crippen LogP) is 4.17. The van der Waals surface area contributed by atoms with Crippen molar-refractivity contribution in [2.24, 2.45) is 11.8 Å². The van der Waals surface area contributed by atoms with E-state index in [1.807, 2.05) is 0 Å². The van der Waals surface area contributed by atoms with Gasteiger partial charge in [-0.1, -0.05) is 26.2 Å². The van der Waals surface area contributed by atoms with Crippen molar-refractivity contribution in [2.45, 2.75) is 88.4 Å². The van der Waals surface area contributed by atoms with Gasteiger partial charge in [0.05, 0.1) is 18.6 Å². The summed E-state index contributed by atoms with van der Waals surface area (Å²) in [4.78, 5) is 12.1. The number of alkyl halides is 4. The molecule has 0 aromatic heterocycles. The standard InChI is InChI=1S/C18H30F4O6S/c1-2-3-4-7-13-12-14(8-9-15(13)23)16(24)28-11-6-5-10-17(19,20)18(21,22)29(25,26)27/h13-15,23H,2-12H2,1H3,(H,25,26,27). The molecule has 3 atom stereocenters. The zero-order valence-corrected chi connectivity index (χ0v) is 17.3. The van der Waals surface area contributed by atoms with E-state index in [-0.39, 0.29) is 18.9 Å². The monoisotopic (exact) mass is 450 g/mol. The van der Waals surface area contributed by atoms with Gasteiger partial charge in [0, 0.05) is 6.42 Å². The molecule has 0 aromatic carbocycles. The number of ether oxygens (including phenoxy) is 1. The fourth-order valence-electron chi connectivity index (χ4n) is 3.50. The minimum Gasteiger partial charge on any atom is -0.465 e. The van der Waals surface area contributed by atoms with E-state index in [9.17, 15) is 35.9 Å². The SMILES string of the molecule is CCCCCC1CC(C(=O)OCCCCC(F)(F)C(F)(F)S(=O)(=O)O)CCC1O. The van der Waals surface area contributed by atoms with Crippen molar-refractivity contribution in [3.8, 4) is 0 Å². The highest BCUT2D eigenvalue weighted by atomic mass is 32.2. The van der Waals surface area contributed by atoms with E-state index < -0.39 is 52.1 Å². The first-order valence-corrected chi connectivity index (χ1v) is 11.3. The summed E-state index contributed by atoms with van der Waals surface area (Å²) >= 11 is 0. The molecule has 0 bridgehead atoms. The molecule has 0 aromatic rings. The Morgan fingerprint density at radius 1 is 1.10 bits per heavy atom. The predicted molar refractivity (Wildman–Crippen MR) is 97.2 cm³/mol. The Kier molecular flexibility index (Phi) is 9.81. The molecule has 1 fully saturated rings. The third-order valence-corrected chi connectivity index (χ3v) is 6.28. The lowest BCUT2D eigenvalue weighted by molar-refractivity contribution is -0.165. The Labute approximate surface area is 168 Å². The number of hydrogen-bond acceptors (Lipinski definition) is 5. The van der Waals surface area contributed by atoms with E-state index in [4.69, 9.17) is 9.29 Å². The first-order chi connectivity index (χ1) is 13.3. The smallest absolute Gasteiger partial charge is 0.431 e. The van der Waals surface area contributed by atoms with Crippen LogP contribution in [0.3, 0.4) is 0 Å². The second kappa shape index (κ2) is 10.9. The number of esters is 1. The topological polar surface area (TPSA) is 101 Å². The molecule has 1 saturated carbocycles. The van der Waals surface area contributed by atoms with Crippen molar-refractivity contribution in [3.05, 3.63) is 0 Å². The molecular weight excluding hydrogens is 420 g/mol. The van der Waals surface area contributed by atoms with Gasteiger partial charge in [0.2, 0.25) is 0 Å². The van der Waals surface area contributed by atoms with Crippen molar-refractivity contribution in [1.29, 1.82) is 0 Å². The number of aliphatic hydroxyl groups is 1. The number of carbonyl (C=O) groups is 1. The van der Waals surface area contributed by atoms with Crippen LogP contribution in [0.5, 0.6) is 0 Å².